The normalized spacial score (nSPS) is 15.8. The molecule has 0 saturated heterocycles. The van der Waals surface area contributed by atoms with Gasteiger partial charge in [0.15, 0.2) is 0 Å². The Labute approximate surface area is 117 Å². The SMILES string of the molecule is CC(C)(C)NC1=NCCNC(c2ccc(F)cc2F)=C1. The van der Waals surface area contributed by atoms with E-state index in [4.69, 9.17) is 0 Å². The summed E-state index contributed by atoms with van der Waals surface area (Å²) in [5, 5.41) is 6.38. The molecule has 0 radical (unpaired) electrons. The number of halogens is 2. The number of rotatable bonds is 1. The van der Waals surface area contributed by atoms with Crippen LogP contribution < -0.4 is 10.6 Å². The van der Waals surface area contributed by atoms with E-state index in [-0.39, 0.29) is 5.54 Å². The van der Waals surface area contributed by atoms with Crippen molar-refractivity contribution in [2.45, 2.75) is 26.3 Å². The number of amidine groups is 1. The summed E-state index contributed by atoms with van der Waals surface area (Å²) in [6.07, 6.45) is 1.76. The van der Waals surface area contributed by atoms with Gasteiger partial charge in [-0.05, 0) is 32.9 Å². The number of hydrogen-bond donors (Lipinski definition) is 2. The topological polar surface area (TPSA) is 36.4 Å². The molecule has 3 nitrogen and oxygen atoms in total. The molecular formula is C15H19F2N3. The first-order chi connectivity index (χ1) is 9.35. The van der Waals surface area contributed by atoms with Gasteiger partial charge in [-0.1, -0.05) is 0 Å². The van der Waals surface area contributed by atoms with Crippen molar-refractivity contribution in [3.8, 4) is 0 Å². The molecule has 0 spiro atoms. The maximum atomic E-state index is 13.9. The summed E-state index contributed by atoms with van der Waals surface area (Å²) in [5.74, 6) is -0.468. The summed E-state index contributed by atoms with van der Waals surface area (Å²) in [7, 11) is 0. The van der Waals surface area contributed by atoms with E-state index in [0.29, 0.717) is 30.2 Å². The standard InChI is InChI=1S/C15H19F2N3/c1-15(2,3)20-14-9-13(18-6-7-19-14)11-5-4-10(16)8-12(11)17/h4-5,8-9,18H,6-7H2,1-3H3,(H,19,20). The molecule has 1 heterocycles. The van der Waals surface area contributed by atoms with Crippen molar-refractivity contribution in [3.05, 3.63) is 41.5 Å². The van der Waals surface area contributed by atoms with Crippen LogP contribution in [-0.2, 0) is 0 Å². The molecule has 2 rings (SSSR count). The lowest BCUT2D eigenvalue weighted by Gasteiger charge is -2.22. The Morgan fingerprint density at radius 3 is 2.65 bits per heavy atom. The van der Waals surface area contributed by atoms with E-state index in [1.807, 2.05) is 20.8 Å². The smallest absolute Gasteiger partial charge is 0.135 e. The van der Waals surface area contributed by atoms with Crippen LogP contribution in [0.1, 0.15) is 26.3 Å². The van der Waals surface area contributed by atoms with Crippen LogP contribution in [0.25, 0.3) is 5.70 Å². The molecule has 0 aromatic heterocycles. The summed E-state index contributed by atoms with van der Waals surface area (Å²) in [5.41, 5.74) is 0.818. The van der Waals surface area contributed by atoms with Gasteiger partial charge in [-0.25, -0.2) is 8.78 Å². The second-order valence-electron chi connectivity index (χ2n) is 5.75. The highest BCUT2D eigenvalue weighted by Gasteiger charge is 2.15. The van der Waals surface area contributed by atoms with E-state index >= 15 is 0 Å². The largest absolute Gasteiger partial charge is 0.383 e. The van der Waals surface area contributed by atoms with Crippen LogP contribution in [0.3, 0.4) is 0 Å². The molecule has 5 heteroatoms. The molecular weight excluding hydrogens is 260 g/mol. The van der Waals surface area contributed by atoms with Crippen molar-refractivity contribution < 1.29 is 8.78 Å². The molecule has 0 bridgehead atoms. The molecule has 108 valence electrons. The summed E-state index contributed by atoms with van der Waals surface area (Å²) in [6.45, 7) is 7.29. The van der Waals surface area contributed by atoms with E-state index in [0.717, 1.165) is 6.07 Å². The Morgan fingerprint density at radius 2 is 2.00 bits per heavy atom. The van der Waals surface area contributed by atoms with E-state index in [1.165, 1.54) is 12.1 Å². The monoisotopic (exact) mass is 279 g/mol. The first-order valence-corrected chi connectivity index (χ1v) is 6.59. The third kappa shape index (κ3) is 3.79. The van der Waals surface area contributed by atoms with Crippen LogP contribution in [0.15, 0.2) is 29.3 Å². The predicted molar refractivity (Wildman–Crippen MR) is 77.5 cm³/mol. The quantitative estimate of drug-likeness (QED) is 0.829. The molecule has 1 aromatic carbocycles. The fourth-order valence-corrected chi connectivity index (χ4v) is 1.94. The Bertz CT molecular complexity index is 557. The lowest BCUT2D eigenvalue weighted by molar-refractivity contribution is 0.512. The fraction of sp³-hybridized carbons (Fsp3) is 0.400. The number of nitrogens with zero attached hydrogens (tertiary/aromatic N) is 1. The molecule has 0 aliphatic carbocycles. The van der Waals surface area contributed by atoms with Gasteiger partial charge in [-0.15, -0.1) is 0 Å². The van der Waals surface area contributed by atoms with Gasteiger partial charge in [0.05, 0.1) is 6.54 Å². The molecule has 2 N–H and O–H groups in total. The van der Waals surface area contributed by atoms with Gasteiger partial charge in [0.25, 0.3) is 0 Å². The first kappa shape index (κ1) is 14.5. The Kier molecular flexibility index (Phi) is 4.06. The minimum absolute atomic E-state index is 0.133. The first-order valence-electron chi connectivity index (χ1n) is 6.59. The summed E-state index contributed by atoms with van der Waals surface area (Å²) < 4.78 is 26.8. The summed E-state index contributed by atoms with van der Waals surface area (Å²) in [6, 6.07) is 3.57. The van der Waals surface area contributed by atoms with E-state index in [9.17, 15) is 8.78 Å². The Balaban J connectivity index is 2.32. The van der Waals surface area contributed by atoms with Crippen molar-refractivity contribution in [2.24, 2.45) is 4.99 Å². The van der Waals surface area contributed by atoms with Gasteiger partial charge in [0.1, 0.15) is 17.5 Å². The third-order valence-electron chi connectivity index (χ3n) is 2.71. The van der Waals surface area contributed by atoms with Gasteiger partial charge < -0.3 is 10.6 Å². The predicted octanol–water partition coefficient (Wildman–Crippen LogP) is 2.70. The minimum atomic E-state index is -0.583. The second-order valence-corrected chi connectivity index (χ2v) is 5.75. The van der Waals surface area contributed by atoms with Crippen LogP contribution >= 0.6 is 0 Å². The van der Waals surface area contributed by atoms with Gasteiger partial charge in [0.2, 0.25) is 0 Å². The number of hydrogen-bond acceptors (Lipinski definition) is 3. The summed E-state index contributed by atoms with van der Waals surface area (Å²) >= 11 is 0. The Hall–Kier alpha value is -1.91. The van der Waals surface area contributed by atoms with Gasteiger partial charge >= 0.3 is 0 Å². The zero-order valence-corrected chi connectivity index (χ0v) is 11.9. The van der Waals surface area contributed by atoms with Crippen LogP contribution in [0, 0.1) is 11.6 Å². The number of nitrogens with one attached hydrogen (secondary N) is 2. The molecule has 0 amide bonds. The summed E-state index contributed by atoms with van der Waals surface area (Å²) in [4.78, 5) is 4.40. The van der Waals surface area contributed by atoms with Crippen LogP contribution in [0.5, 0.6) is 0 Å². The third-order valence-corrected chi connectivity index (χ3v) is 2.71. The highest BCUT2D eigenvalue weighted by atomic mass is 19.1. The zero-order chi connectivity index (χ0) is 14.8. The highest BCUT2D eigenvalue weighted by molar-refractivity contribution is 5.99. The van der Waals surface area contributed by atoms with Gasteiger partial charge in [-0.2, -0.15) is 0 Å². The number of aliphatic imine (C=N–C) groups is 1. The van der Waals surface area contributed by atoms with Crippen LogP contribution in [-0.4, -0.2) is 24.5 Å². The van der Waals surface area contributed by atoms with Crippen molar-refractivity contribution in [3.63, 3.8) is 0 Å². The number of benzene rings is 1. The lowest BCUT2D eigenvalue weighted by Crippen LogP contribution is -2.40. The lowest BCUT2D eigenvalue weighted by atomic mass is 10.1. The van der Waals surface area contributed by atoms with Crippen molar-refractivity contribution >= 4 is 11.5 Å². The molecule has 0 fully saturated rings. The minimum Gasteiger partial charge on any atom is -0.383 e. The highest BCUT2D eigenvalue weighted by Crippen LogP contribution is 2.18. The molecule has 1 aliphatic rings. The zero-order valence-electron chi connectivity index (χ0n) is 11.9. The van der Waals surface area contributed by atoms with E-state index < -0.39 is 11.6 Å². The van der Waals surface area contributed by atoms with Crippen molar-refractivity contribution in [1.82, 2.24) is 10.6 Å². The Morgan fingerprint density at radius 1 is 1.25 bits per heavy atom. The maximum absolute atomic E-state index is 13.9. The molecule has 1 aliphatic heterocycles. The van der Waals surface area contributed by atoms with Crippen molar-refractivity contribution in [2.75, 3.05) is 13.1 Å². The average molecular weight is 279 g/mol. The van der Waals surface area contributed by atoms with Crippen LogP contribution in [0.2, 0.25) is 0 Å². The van der Waals surface area contributed by atoms with Gasteiger partial charge in [0, 0.05) is 35.5 Å². The molecule has 1 aromatic rings. The van der Waals surface area contributed by atoms with Crippen molar-refractivity contribution in [1.29, 1.82) is 0 Å². The van der Waals surface area contributed by atoms with Crippen LogP contribution in [0.4, 0.5) is 8.78 Å². The van der Waals surface area contributed by atoms with Gasteiger partial charge in [-0.3, -0.25) is 4.99 Å². The molecule has 0 saturated carbocycles. The molecule has 0 unspecified atom stereocenters. The second kappa shape index (κ2) is 5.61. The fourth-order valence-electron chi connectivity index (χ4n) is 1.94. The van der Waals surface area contributed by atoms with E-state index in [2.05, 4.69) is 15.6 Å². The average Bonchev–Trinajstić information content (AvgIpc) is 2.52. The maximum Gasteiger partial charge on any atom is 0.135 e. The molecule has 0 atom stereocenters. The van der Waals surface area contributed by atoms with E-state index in [1.54, 1.807) is 6.08 Å². The molecule has 20 heavy (non-hydrogen) atoms.